The molecule has 12 heteroatoms. The number of hydrogen-bond acceptors (Lipinski definition) is 10. The first-order valence-corrected chi connectivity index (χ1v) is 10.5. The number of amides is 1. The van der Waals surface area contributed by atoms with Gasteiger partial charge in [-0.05, 0) is 25.8 Å². The van der Waals surface area contributed by atoms with Crippen molar-refractivity contribution in [3.8, 4) is 10.9 Å². The van der Waals surface area contributed by atoms with E-state index in [4.69, 9.17) is 13.9 Å². The minimum Gasteiger partial charge on any atom is -0.488 e. The van der Waals surface area contributed by atoms with E-state index in [0.717, 1.165) is 43.1 Å². The minimum absolute atomic E-state index is 0.0368. The fourth-order valence-corrected chi connectivity index (χ4v) is 4.67. The zero-order valence-electron chi connectivity index (χ0n) is 16.9. The molecule has 2 aliphatic rings. The van der Waals surface area contributed by atoms with Crippen molar-refractivity contribution in [1.29, 1.82) is 0 Å². The third kappa shape index (κ3) is 3.57. The minimum atomic E-state index is -0.733. The highest BCUT2D eigenvalue weighted by Gasteiger charge is 2.50. The van der Waals surface area contributed by atoms with Crippen molar-refractivity contribution in [2.45, 2.75) is 25.8 Å². The van der Waals surface area contributed by atoms with Crippen LogP contribution in [0.5, 0.6) is 5.75 Å². The summed E-state index contributed by atoms with van der Waals surface area (Å²) >= 11 is 1.15. The van der Waals surface area contributed by atoms with Crippen LogP contribution in [0.2, 0.25) is 0 Å². The van der Waals surface area contributed by atoms with E-state index in [1.807, 2.05) is 13.0 Å². The highest BCUT2D eigenvalue weighted by atomic mass is 32.1. The third-order valence-corrected chi connectivity index (χ3v) is 6.33. The second-order valence-electron chi connectivity index (χ2n) is 7.82. The molecular formula is C19H20N6O5S. The van der Waals surface area contributed by atoms with Crippen molar-refractivity contribution in [3.63, 3.8) is 0 Å². The zero-order valence-corrected chi connectivity index (χ0v) is 17.7. The smallest absolute Gasteiger partial charge is 0.381 e. The Labute approximate surface area is 180 Å². The van der Waals surface area contributed by atoms with Gasteiger partial charge in [0, 0.05) is 29.4 Å². The molecule has 1 saturated heterocycles. The normalized spacial score (nSPS) is 17.1. The van der Waals surface area contributed by atoms with Crippen molar-refractivity contribution in [1.82, 2.24) is 20.0 Å². The van der Waals surface area contributed by atoms with Crippen LogP contribution in [0.1, 0.15) is 29.1 Å². The number of rotatable bonds is 6. The maximum Gasteiger partial charge on any atom is 0.381 e. The first kappa shape index (κ1) is 19.7. The van der Waals surface area contributed by atoms with Crippen molar-refractivity contribution < 1.29 is 18.7 Å². The van der Waals surface area contributed by atoms with Gasteiger partial charge >= 0.3 is 5.63 Å². The number of hydrogen-bond donors (Lipinski definition) is 2. The van der Waals surface area contributed by atoms with Crippen molar-refractivity contribution in [2.75, 3.05) is 31.0 Å². The Morgan fingerprint density at radius 3 is 2.81 bits per heavy atom. The summed E-state index contributed by atoms with van der Waals surface area (Å²) in [6.07, 6.45) is 3.54. The van der Waals surface area contributed by atoms with Crippen LogP contribution in [-0.4, -0.2) is 52.3 Å². The second-order valence-corrected chi connectivity index (χ2v) is 8.77. The highest BCUT2D eigenvalue weighted by Crippen LogP contribution is 2.48. The van der Waals surface area contributed by atoms with Crippen LogP contribution >= 0.6 is 11.3 Å². The van der Waals surface area contributed by atoms with E-state index >= 15 is 0 Å². The zero-order chi connectivity index (χ0) is 21.6. The van der Waals surface area contributed by atoms with Crippen LogP contribution in [0.3, 0.4) is 0 Å². The Balaban J connectivity index is 1.33. The molecule has 11 nitrogen and oxygen atoms in total. The number of carbonyl (C=O) groups excluding carboxylic acids is 1. The van der Waals surface area contributed by atoms with Gasteiger partial charge in [-0.1, -0.05) is 11.3 Å². The molecule has 5 rings (SSSR count). The van der Waals surface area contributed by atoms with Crippen LogP contribution < -0.4 is 21.0 Å². The lowest BCUT2D eigenvalue weighted by atomic mass is 9.64. The molecule has 3 aromatic rings. The summed E-state index contributed by atoms with van der Waals surface area (Å²) in [5.41, 5.74) is 0.836. The molecule has 0 radical (unpaired) electrons. The Kier molecular flexibility index (Phi) is 4.74. The van der Waals surface area contributed by atoms with E-state index < -0.39 is 11.5 Å². The van der Waals surface area contributed by atoms with Crippen LogP contribution in [0.25, 0.3) is 5.13 Å². The van der Waals surface area contributed by atoms with E-state index in [-0.39, 0.29) is 28.1 Å². The molecule has 0 bridgehead atoms. The summed E-state index contributed by atoms with van der Waals surface area (Å²) in [5.74, 6) is -0.726. The summed E-state index contributed by atoms with van der Waals surface area (Å²) in [7, 11) is 1.39. The number of aryl methyl sites for hydroxylation is 1. The van der Waals surface area contributed by atoms with Gasteiger partial charge in [-0.25, -0.2) is 9.48 Å². The fourth-order valence-electron chi connectivity index (χ4n) is 3.91. The van der Waals surface area contributed by atoms with Gasteiger partial charge in [0.15, 0.2) is 5.76 Å². The summed E-state index contributed by atoms with van der Waals surface area (Å²) in [4.78, 5) is 25.1. The van der Waals surface area contributed by atoms with Crippen molar-refractivity contribution >= 4 is 28.1 Å². The lowest BCUT2D eigenvalue weighted by Gasteiger charge is -2.53. The molecule has 1 amide bonds. The van der Waals surface area contributed by atoms with Gasteiger partial charge in [-0.2, -0.15) is 5.10 Å². The quantitative estimate of drug-likeness (QED) is 0.584. The number of nitrogens with zero attached hydrogens (tertiary/aromatic N) is 4. The van der Waals surface area contributed by atoms with Crippen LogP contribution in [0.4, 0.5) is 10.8 Å². The number of ether oxygens (including phenoxy) is 2. The standard InChI is InChI=1S/C19H20N6O5S/c1-10-3-4-20-25(10)18-24-23-17(31-18)22-15(26)13-5-12(14(28-2)16(27)30-13)21-11-6-19(7-11)8-29-9-19/h3-5,11,21H,6-9H2,1-2H3,(H,22,23,26). The van der Waals surface area contributed by atoms with Gasteiger partial charge < -0.3 is 19.2 Å². The average Bonchev–Trinajstić information content (AvgIpc) is 3.31. The number of aromatic nitrogens is 4. The molecule has 2 fully saturated rings. The highest BCUT2D eigenvalue weighted by molar-refractivity contribution is 7.17. The van der Waals surface area contributed by atoms with Crippen molar-refractivity contribution in [2.24, 2.45) is 5.41 Å². The molecule has 31 heavy (non-hydrogen) atoms. The van der Waals surface area contributed by atoms with Gasteiger partial charge in [-0.3, -0.25) is 10.1 Å². The Morgan fingerprint density at radius 1 is 1.35 bits per heavy atom. The lowest BCUT2D eigenvalue weighted by Crippen LogP contribution is -2.56. The number of carbonyl (C=O) groups is 1. The molecule has 2 N–H and O–H groups in total. The molecule has 0 unspecified atom stereocenters. The Hall–Kier alpha value is -3.25. The largest absolute Gasteiger partial charge is 0.488 e. The first-order valence-electron chi connectivity index (χ1n) is 9.69. The molecule has 3 aromatic heterocycles. The SMILES string of the molecule is COc1c(NC2CC3(COC3)C2)cc(C(=O)Nc2nnc(-n3nccc3C)s2)oc1=O. The van der Waals surface area contributed by atoms with Crippen molar-refractivity contribution in [3.05, 3.63) is 40.2 Å². The molecule has 1 aliphatic carbocycles. The van der Waals surface area contributed by atoms with E-state index in [0.29, 0.717) is 10.8 Å². The molecular weight excluding hydrogens is 424 g/mol. The predicted molar refractivity (Wildman–Crippen MR) is 111 cm³/mol. The third-order valence-electron chi connectivity index (χ3n) is 5.52. The lowest BCUT2D eigenvalue weighted by molar-refractivity contribution is -0.159. The maximum absolute atomic E-state index is 12.7. The van der Waals surface area contributed by atoms with Gasteiger partial charge in [0.2, 0.25) is 16.0 Å². The van der Waals surface area contributed by atoms with E-state index in [2.05, 4.69) is 25.9 Å². The fraction of sp³-hybridized carbons (Fsp3) is 0.421. The molecule has 1 aliphatic heterocycles. The number of nitrogens with one attached hydrogen (secondary N) is 2. The van der Waals surface area contributed by atoms with E-state index in [1.165, 1.54) is 13.2 Å². The van der Waals surface area contributed by atoms with Crippen LogP contribution in [-0.2, 0) is 4.74 Å². The predicted octanol–water partition coefficient (Wildman–Crippen LogP) is 1.84. The van der Waals surface area contributed by atoms with Gasteiger partial charge in [0.1, 0.15) is 0 Å². The van der Waals surface area contributed by atoms with Gasteiger partial charge in [0.25, 0.3) is 5.91 Å². The monoisotopic (exact) mass is 444 g/mol. The van der Waals surface area contributed by atoms with Gasteiger partial charge in [0.05, 0.1) is 26.0 Å². The van der Waals surface area contributed by atoms with E-state index in [9.17, 15) is 9.59 Å². The molecule has 1 spiro atoms. The van der Waals surface area contributed by atoms with Crippen LogP contribution in [0.15, 0.2) is 27.5 Å². The second kappa shape index (κ2) is 7.46. The Bertz CT molecular complexity index is 1190. The topological polar surface area (TPSA) is 133 Å². The summed E-state index contributed by atoms with van der Waals surface area (Å²) < 4.78 is 17.3. The van der Waals surface area contributed by atoms with Gasteiger partial charge in [-0.15, -0.1) is 10.2 Å². The summed E-state index contributed by atoms with van der Waals surface area (Å²) in [5, 5.41) is 18.8. The maximum atomic E-state index is 12.7. The Morgan fingerprint density at radius 2 is 2.16 bits per heavy atom. The molecule has 4 heterocycles. The molecule has 0 aromatic carbocycles. The van der Waals surface area contributed by atoms with Crippen LogP contribution in [0, 0.1) is 12.3 Å². The molecule has 0 atom stereocenters. The molecule has 1 saturated carbocycles. The summed E-state index contributed by atoms with van der Waals surface area (Å²) in [6.45, 7) is 3.43. The summed E-state index contributed by atoms with van der Waals surface area (Å²) in [6, 6.07) is 3.48. The van der Waals surface area contributed by atoms with E-state index in [1.54, 1.807) is 10.9 Å². The first-order chi connectivity index (χ1) is 15.0. The number of methoxy groups -OCH3 is 1. The average molecular weight is 444 g/mol. The molecule has 162 valence electrons. The number of anilines is 2.